The largest absolute Gasteiger partial charge is 0.326 e. The molecule has 1 saturated carbocycles. The number of amides is 2. The summed E-state index contributed by atoms with van der Waals surface area (Å²) in [6.45, 7) is 5.69. The number of nitrogens with zero attached hydrogens (tertiary/aromatic N) is 4. The van der Waals surface area contributed by atoms with E-state index in [1.807, 2.05) is 18.4 Å². The number of aromatic nitrogens is 4. The van der Waals surface area contributed by atoms with Crippen LogP contribution < -0.4 is 10.6 Å². The minimum absolute atomic E-state index is 0.0171. The zero-order valence-electron chi connectivity index (χ0n) is 18.2. The number of rotatable bonds is 6. The Bertz CT molecular complexity index is 1170. The normalized spacial score (nSPS) is 13.7. The van der Waals surface area contributed by atoms with Gasteiger partial charge in [-0.2, -0.15) is 0 Å². The molecule has 0 unspecified atom stereocenters. The van der Waals surface area contributed by atoms with E-state index in [1.54, 1.807) is 31.5 Å². The first-order valence-corrected chi connectivity index (χ1v) is 10.6. The van der Waals surface area contributed by atoms with E-state index in [9.17, 15) is 14.0 Å². The van der Waals surface area contributed by atoms with Crippen molar-refractivity contribution in [2.45, 2.75) is 46.1 Å². The van der Waals surface area contributed by atoms with Gasteiger partial charge in [0.1, 0.15) is 23.7 Å². The molecule has 0 aliphatic heterocycles. The Labute approximate surface area is 185 Å². The summed E-state index contributed by atoms with van der Waals surface area (Å²) in [5, 5.41) is 13.5. The van der Waals surface area contributed by atoms with Crippen molar-refractivity contribution in [3.05, 3.63) is 53.6 Å². The summed E-state index contributed by atoms with van der Waals surface area (Å²) in [7, 11) is 0. The first kappa shape index (κ1) is 21.6. The van der Waals surface area contributed by atoms with E-state index >= 15 is 0 Å². The van der Waals surface area contributed by atoms with Crippen molar-refractivity contribution in [1.29, 1.82) is 0 Å². The lowest BCUT2D eigenvalue weighted by molar-refractivity contribution is -0.122. The van der Waals surface area contributed by atoms with Crippen LogP contribution in [0.4, 0.5) is 15.9 Å². The van der Waals surface area contributed by atoms with Crippen molar-refractivity contribution in [2.24, 2.45) is 5.92 Å². The van der Waals surface area contributed by atoms with E-state index in [2.05, 4.69) is 25.8 Å². The highest BCUT2D eigenvalue weighted by molar-refractivity contribution is 6.05. The minimum Gasteiger partial charge on any atom is -0.326 e. The molecule has 32 heavy (non-hydrogen) atoms. The lowest BCUT2D eigenvalue weighted by Gasteiger charge is -2.24. The van der Waals surface area contributed by atoms with Gasteiger partial charge in [-0.15, -0.1) is 10.2 Å². The highest BCUT2D eigenvalue weighted by atomic mass is 19.1. The van der Waals surface area contributed by atoms with Crippen LogP contribution in [0.25, 0.3) is 11.5 Å². The predicted molar refractivity (Wildman–Crippen MR) is 119 cm³/mol. The van der Waals surface area contributed by atoms with Gasteiger partial charge in [0, 0.05) is 17.6 Å². The molecule has 2 N–H and O–H groups in total. The summed E-state index contributed by atoms with van der Waals surface area (Å²) in [4.78, 5) is 29.6. The smallest absolute Gasteiger partial charge is 0.259 e. The Kier molecular flexibility index (Phi) is 5.98. The Morgan fingerprint density at radius 2 is 1.97 bits per heavy atom. The van der Waals surface area contributed by atoms with Gasteiger partial charge in [0.15, 0.2) is 5.82 Å². The molecule has 0 spiro atoms. The highest BCUT2D eigenvalue weighted by Gasteiger charge is 2.26. The number of halogens is 1. The molecule has 1 aliphatic carbocycles. The zero-order chi connectivity index (χ0) is 22.8. The molecule has 0 saturated heterocycles. The van der Waals surface area contributed by atoms with Gasteiger partial charge in [0.05, 0.1) is 5.56 Å². The van der Waals surface area contributed by atoms with Crippen LogP contribution in [0.15, 0.2) is 36.7 Å². The molecular weight excluding hydrogens is 411 g/mol. The summed E-state index contributed by atoms with van der Waals surface area (Å²) in [5.74, 6) is -0.615. The zero-order valence-corrected chi connectivity index (χ0v) is 18.2. The summed E-state index contributed by atoms with van der Waals surface area (Å²) in [6, 6.07) is 7.86. The van der Waals surface area contributed by atoms with Crippen LogP contribution >= 0.6 is 0 Å². The third-order valence-corrected chi connectivity index (χ3v) is 5.64. The fraction of sp³-hybridized carbons (Fsp3) is 0.348. The molecule has 2 aromatic heterocycles. The van der Waals surface area contributed by atoms with Gasteiger partial charge in [0.2, 0.25) is 5.91 Å². The van der Waals surface area contributed by atoms with Crippen molar-refractivity contribution in [1.82, 2.24) is 19.7 Å². The first-order chi connectivity index (χ1) is 15.3. The molecule has 1 aliphatic rings. The number of carbonyl (C=O) groups excluding carboxylic acids is 2. The monoisotopic (exact) mass is 436 g/mol. The maximum atomic E-state index is 14.6. The molecule has 8 nitrogen and oxygen atoms in total. The number of hydrogen-bond donors (Lipinski definition) is 2. The average Bonchev–Trinajstić information content (AvgIpc) is 3.19. The molecular formula is C23H25FN6O2. The molecule has 2 heterocycles. The fourth-order valence-electron chi connectivity index (χ4n) is 3.50. The van der Waals surface area contributed by atoms with Gasteiger partial charge < -0.3 is 15.2 Å². The van der Waals surface area contributed by atoms with Gasteiger partial charge in [-0.25, -0.2) is 9.37 Å². The Hall–Kier alpha value is -3.62. The van der Waals surface area contributed by atoms with Crippen molar-refractivity contribution in [2.75, 3.05) is 10.6 Å². The second kappa shape index (κ2) is 8.86. The average molecular weight is 436 g/mol. The van der Waals surface area contributed by atoms with E-state index in [1.165, 1.54) is 12.1 Å². The fourth-order valence-corrected chi connectivity index (χ4v) is 3.50. The van der Waals surface area contributed by atoms with Crippen LogP contribution in [0.5, 0.6) is 0 Å². The summed E-state index contributed by atoms with van der Waals surface area (Å²) in [5.41, 5.74) is 1.35. The topological polar surface area (TPSA) is 102 Å². The third kappa shape index (κ3) is 4.37. The van der Waals surface area contributed by atoms with Gasteiger partial charge in [-0.1, -0.05) is 12.5 Å². The molecule has 1 fully saturated rings. The standard InChI is InChI=1S/C23H25FN6O2/c1-13(2)30-12-25-29-21(30)18-8-5-9-20(26-18)28-23(32)16-11-19(14(3)10-17(16)24)27-22(31)15-6-4-7-15/h5,8-13,15H,4,6-7H2,1-3H3,(H,27,31)(H,26,28,32). The number of benzene rings is 1. The highest BCUT2D eigenvalue weighted by Crippen LogP contribution is 2.29. The molecule has 4 rings (SSSR count). The lowest BCUT2D eigenvalue weighted by Crippen LogP contribution is -2.28. The Balaban J connectivity index is 1.55. The minimum atomic E-state index is -0.669. The number of hydrogen-bond acceptors (Lipinski definition) is 5. The third-order valence-electron chi connectivity index (χ3n) is 5.64. The van der Waals surface area contributed by atoms with E-state index in [0.717, 1.165) is 19.3 Å². The summed E-state index contributed by atoms with van der Waals surface area (Å²) in [6.07, 6.45) is 4.36. The van der Waals surface area contributed by atoms with E-state index in [4.69, 9.17) is 0 Å². The van der Waals surface area contributed by atoms with Crippen LogP contribution in [0.2, 0.25) is 0 Å². The molecule has 9 heteroatoms. The Morgan fingerprint density at radius 1 is 1.19 bits per heavy atom. The SMILES string of the molecule is Cc1cc(F)c(C(=O)Nc2cccc(-c3nncn3C(C)C)n2)cc1NC(=O)C1CCC1. The van der Waals surface area contributed by atoms with Crippen molar-refractivity contribution >= 4 is 23.3 Å². The van der Waals surface area contributed by atoms with Gasteiger partial charge >= 0.3 is 0 Å². The molecule has 1 aromatic carbocycles. The maximum absolute atomic E-state index is 14.6. The van der Waals surface area contributed by atoms with Crippen molar-refractivity contribution in [3.8, 4) is 11.5 Å². The quantitative estimate of drug-likeness (QED) is 0.598. The van der Waals surface area contributed by atoms with Crippen LogP contribution in [-0.4, -0.2) is 31.6 Å². The number of pyridine rings is 1. The molecule has 166 valence electrons. The van der Waals surface area contributed by atoms with Crippen LogP contribution in [0.1, 0.15) is 55.1 Å². The molecule has 3 aromatic rings. The number of anilines is 2. The van der Waals surface area contributed by atoms with E-state index < -0.39 is 11.7 Å². The number of aryl methyl sites for hydroxylation is 1. The van der Waals surface area contributed by atoms with Crippen LogP contribution in [-0.2, 0) is 4.79 Å². The Morgan fingerprint density at radius 3 is 2.66 bits per heavy atom. The van der Waals surface area contributed by atoms with Crippen LogP contribution in [0, 0.1) is 18.7 Å². The number of nitrogens with one attached hydrogen (secondary N) is 2. The molecule has 2 amide bonds. The molecule has 0 bridgehead atoms. The van der Waals surface area contributed by atoms with E-state index in [-0.39, 0.29) is 29.2 Å². The van der Waals surface area contributed by atoms with Crippen molar-refractivity contribution in [3.63, 3.8) is 0 Å². The van der Waals surface area contributed by atoms with Gasteiger partial charge in [-0.3, -0.25) is 9.59 Å². The second-order valence-corrected chi connectivity index (χ2v) is 8.28. The first-order valence-electron chi connectivity index (χ1n) is 10.6. The number of carbonyl (C=O) groups is 2. The molecule has 0 atom stereocenters. The summed E-state index contributed by atoms with van der Waals surface area (Å²) < 4.78 is 16.5. The predicted octanol–water partition coefficient (Wildman–Crippen LogP) is 4.36. The van der Waals surface area contributed by atoms with Gasteiger partial charge in [-0.05, 0) is 63.4 Å². The summed E-state index contributed by atoms with van der Waals surface area (Å²) >= 11 is 0. The molecule has 0 radical (unpaired) electrons. The van der Waals surface area contributed by atoms with E-state index in [0.29, 0.717) is 22.8 Å². The second-order valence-electron chi connectivity index (χ2n) is 8.28. The van der Waals surface area contributed by atoms with Crippen molar-refractivity contribution < 1.29 is 14.0 Å². The maximum Gasteiger partial charge on any atom is 0.259 e. The lowest BCUT2D eigenvalue weighted by atomic mass is 9.84. The van der Waals surface area contributed by atoms with Gasteiger partial charge in [0.25, 0.3) is 5.91 Å². The van der Waals surface area contributed by atoms with Crippen LogP contribution in [0.3, 0.4) is 0 Å².